The van der Waals surface area contributed by atoms with Crippen molar-refractivity contribution in [2.24, 2.45) is 4.99 Å². The van der Waals surface area contributed by atoms with Gasteiger partial charge in [-0.05, 0) is 23.6 Å². The van der Waals surface area contributed by atoms with Crippen molar-refractivity contribution < 1.29 is 13.2 Å². The minimum atomic E-state index is -3.65. The molecule has 0 N–H and O–H groups in total. The van der Waals surface area contributed by atoms with Gasteiger partial charge in [0.2, 0.25) is 0 Å². The molecule has 3 aromatic rings. The second kappa shape index (κ2) is 8.83. The number of benzene rings is 1. The number of halogens is 2. The van der Waals surface area contributed by atoms with Crippen molar-refractivity contribution in [1.29, 1.82) is 0 Å². The van der Waals surface area contributed by atoms with E-state index in [0.717, 1.165) is 28.0 Å². The summed E-state index contributed by atoms with van der Waals surface area (Å²) in [5.74, 6) is 0.627. The van der Waals surface area contributed by atoms with Crippen LogP contribution in [0.3, 0.4) is 0 Å². The summed E-state index contributed by atoms with van der Waals surface area (Å²) in [6, 6.07) is 7.01. The molecule has 5 rings (SSSR count). The lowest BCUT2D eigenvalue weighted by Gasteiger charge is -2.33. The van der Waals surface area contributed by atoms with Crippen LogP contribution in [0.4, 0.5) is 0 Å². The molecule has 0 atom stereocenters. The number of fused-ring (bicyclic) bond motifs is 1. The van der Waals surface area contributed by atoms with Gasteiger partial charge in [0.15, 0.2) is 0 Å². The molecule has 0 saturated carbocycles. The molecular weight excluding hydrogens is 523 g/mol. The highest BCUT2D eigenvalue weighted by Gasteiger charge is 2.33. The van der Waals surface area contributed by atoms with Crippen LogP contribution in [0.2, 0.25) is 10.0 Å². The van der Waals surface area contributed by atoms with Crippen LogP contribution in [-0.2, 0) is 10.0 Å². The first kappa shape index (κ1) is 23.1. The number of carbonyl (C=O) groups excluding carboxylic acids is 1. The average molecular weight is 544 g/mol. The quantitative estimate of drug-likeness (QED) is 0.497. The molecule has 1 saturated heterocycles. The third-order valence-electron chi connectivity index (χ3n) is 5.80. The van der Waals surface area contributed by atoms with Crippen LogP contribution in [0, 0.1) is 0 Å². The minimum absolute atomic E-state index is 0.175. The van der Waals surface area contributed by atoms with Crippen molar-refractivity contribution in [1.82, 2.24) is 14.1 Å². The summed E-state index contributed by atoms with van der Waals surface area (Å²) in [7, 11) is -1.70. The number of hydrogen-bond acceptors (Lipinski definition) is 7. The van der Waals surface area contributed by atoms with Crippen molar-refractivity contribution in [2.45, 2.75) is 4.21 Å². The van der Waals surface area contributed by atoms with Gasteiger partial charge in [-0.2, -0.15) is 4.31 Å². The van der Waals surface area contributed by atoms with Crippen LogP contribution in [-0.4, -0.2) is 80.6 Å². The third-order valence-corrected chi connectivity index (χ3v) is 11.0. The molecule has 1 aromatic carbocycles. The van der Waals surface area contributed by atoms with E-state index in [4.69, 9.17) is 23.2 Å². The molecule has 7 nitrogen and oxygen atoms in total. The Morgan fingerprint density at radius 1 is 1.09 bits per heavy atom. The van der Waals surface area contributed by atoms with E-state index in [1.165, 1.54) is 27.0 Å². The molecule has 2 aromatic heterocycles. The van der Waals surface area contributed by atoms with Crippen molar-refractivity contribution in [3.05, 3.63) is 50.1 Å². The second-order valence-corrected chi connectivity index (χ2v) is 12.8. The molecule has 174 valence electrons. The van der Waals surface area contributed by atoms with Crippen LogP contribution < -0.4 is 0 Å². The van der Waals surface area contributed by atoms with Crippen LogP contribution in [0.25, 0.3) is 10.1 Å². The smallest absolute Gasteiger partial charge is 0.265 e. The van der Waals surface area contributed by atoms with Gasteiger partial charge >= 0.3 is 0 Å². The molecule has 0 aliphatic carbocycles. The van der Waals surface area contributed by atoms with E-state index in [9.17, 15) is 13.2 Å². The summed E-state index contributed by atoms with van der Waals surface area (Å²) in [5.41, 5.74) is 0.774. The van der Waals surface area contributed by atoms with Gasteiger partial charge in [0.25, 0.3) is 15.9 Å². The number of amidine groups is 1. The molecular formula is C21H20Cl2N4O3S3. The van der Waals surface area contributed by atoms with Crippen LogP contribution >= 0.6 is 45.9 Å². The molecule has 1 fully saturated rings. The maximum Gasteiger partial charge on any atom is 0.265 e. The van der Waals surface area contributed by atoms with Gasteiger partial charge in [-0.15, -0.1) is 22.7 Å². The number of likely N-dealkylation sites (N-methyl/N-ethyl adjacent to an activating group) is 1. The van der Waals surface area contributed by atoms with Crippen LogP contribution in [0.15, 0.2) is 38.8 Å². The number of nitrogens with zero attached hydrogens (tertiary/aromatic N) is 4. The van der Waals surface area contributed by atoms with E-state index in [2.05, 4.69) is 4.99 Å². The molecule has 2 aliphatic rings. The van der Waals surface area contributed by atoms with Gasteiger partial charge in [-0.1, -0.05) is 29.3 Å². The number of hydrogen-bond donors (Lipinski definition) is 0. The van der Waals surface area contributed by atoms with Crippen LogP contribution in [0.1, 0.15) is 15.2 Å². The van der Waals surface area contributed by atoms with Gasteiger partial charge < -0.3 is 9.80 Å². The Morgan fingerprint density at radius 2 is 1.85 bits per heavy atom. The molecule has 2 aliphatic heterocycles. The van der Waals surface area contributed by atoms with Crippen molar-refractivity contribution in [3.8, 4) is 0 Å². The molecule has 0 bridgehead atoms. The largest absolute Gasteiger partial charge is 0.358 e. The molecule has 0 radical (unpaired) electrons. The van der Waals surface area contributed by atoms with Crippen molar-refractivity contribution in [3.63, 3.8) is 0 Å². The SMILES string of the molecule is CN1CCN=C1c1csc(C(=O)N2CCN(S(=O)(=O)c3cc4ccc(Cl)cc4s3)CC2)c1Cl. The molecule has 1 amide bonds. The number of rotatable bonds is 4. The second-order valence-electron chi connectivity index (χ2n) is 7.86. The summed E-state index contributed by atoms with van der Waals surface area (Å²) in [4.78, 5) is 21.8. The summed E-state index contributed by atoms with van der Waals surface area (Å²) in [6.07, 6.45) is 0. The number of carbonyl (C=O) groups is 1. The number of piperazine rings is 1. The van der Waals surface area contributed by atoms with Crippen molar-refractivity contribution >= 4 is 77.7 Å². The maximum absolute atomic E-state index is 13.2. The van der Waals surface area contributed by atoms with E-state index in [1.54, 1.807) is 23.1 Å². The molecule has 0 spiro atoms. The van der Waals surface area contributed by atoms with Gasteiger partial charge in [0.1, 0.15) is 14.9 Å². The number of aliphatic imine (C=N–C) groups is 1. The highest BCUT2D eigenvalue weighted by molar-refractivity contribution is 7.91. The Hall–Kier alpha value is -1.69. The van der Waals surface area contributed by atoms with E-state index in [1.807, 2.05) is 23.4 Å². The van der Waals surface area contributed by atoms with E-state index in [0.29, 0.717) is 34.6 Å². The van der Waals surface area contributed by atoms with Crippen molar-refractivity contribution in [2.75, 3.05) is 46.3 Å². The Bertz CT molecular complexity index is 1370. The Balaban J connectivity index is 1.29. The number of amides is 1. The minimum Gasteiger partial charge on any atom is -0.358 e. The number of thiophene rings is 2. The van der Waals surface area contributed by atoms with E-state index >= 15 is 0 Å². The van der Waals surface area contributed by atoms with Gasteiger partial charge in [0.05, 0.1) is 11.6 Å². The fourth-order valence-electron chi connectivity index (χ4n) is 3.97. The first-order valence-corrected chi connectivity index (χ1v) is 14.2. The molecule has 33 heavy (non-hydrogen) atoms. The maximum atomic E-state index is 13.2. The summed E-state index contributed by atoms with van der Waals surface area (Å²) < 4.78 is 28.9. The lowest BCUT2D eigenvalue weighted by molar-refractivity contribution is 0.0703. The first-order chi connectivity index (χ1) is 15.8. The summed E-state index contributed by atoms with van der Waals surface area (Å²) in [5, 5.41) is 3.70. The highest BCUT2D eigenvalue weighted by atomic mass is 35.5. The predicted octanol–water partition coefficient (Wildman–Crippen LogP) is 4.11. The van der Waals surface area contributed by atoms with E-state index in [-0.39, 0.29) is 23.2 Å². The Morgan fingerprint density at radius 3 is 2.55 bits per heavy atom. The third kappa shape index (κ3) is 4.17. The summed E-state index contributed by atoms with van der Waals surface area (Å²) in [6.45, 7) is 2.61. The van der Waals surface area contributed by atoms with Gasteiger partial charge in [0, 0.05) is 60.4 Å². The number of sulfonamides is 1. The Labute approximate surface area is 209 Å². The lowest BCUT2D eigenvalue weighted by atomic mass is 10.2. The zero-order chi connectivity index (χ0) is 23.3. The Kier molecular flexibility index (Phi) is 6.17. The lowest BCUT2D eigenvalue weighted by Crippen LogP contribution is -2.50. The van der Waals surface area contributed by atoms with Gasteiger partial charge in [-0.3, -0.25) is 9.79 Å². The molecule has 0 unspecified atom stereocenters. The molecule has 4 heterocycles. The topological polar surface area (TPSA) is 73.3 Å². The monoisotopic (exact) mass is 542 g/mol. The van der Waals surface area contributed by atoms with E-state index < -0.39 is 10.0 Å². The molecule has 12 heteroatoms. The average Bonchev–Trinajstić information content (AvgIpc) is 3.51. The van der Waals surface area contributed by atoms with Gasteiger partial charge in [-0.25, -0.2) is 8.42 Å². The zero-order valence-electron chi connectivity index (χ0n) is 17.6. The first-order valence-electron chi connectivity index (χ1n) is 10.3. The normalized spacial score (nSPS) is 17.7. The zero-order valence-corrected chi connectivity index (χ0v) is 21.6. The predicted molar refractivity (Wildman–Crippen MR) is 135 cm³/mol. The fraction of sp³-hybridized carbons (Fsp3) is 0.333. The standard InChI is InChI=1S/C21H20Cl2N4O3S3/c1-25-5-4-24-20(25)15-12-31-19(18(15)23)21(28)26-6-8-27(9-7-26)33(29,30)17-10-13-2-3-14(22)11-16(13)32-17/h2-3,10-12H,4-9H2,1H3. The van der Waals surface area contributed by atoms with Crippen LogP contribution in [0.5, 0.6) is 0 Å². The fourth-order valence-corrected chi connectivity index (χ4v) is 8.54. The summed E-state index contributed by atoms with van der Waals surface area (Å²) >= 11 is 15.1. The highest BCUT2D eigenvalue weighted by Crippen LogP contribution is 2.34.